The van der Waals surface area contributed by atoms with Crippen molar-refractivity contribution in [3.63, 3.8) is 0 Å². The largest absolute Gasteiger partial charge is 0.388 e. The van der Waals surface area contributed by atoms with Crippen LogP contribution < -0.4 is 5.32 Å². The van der Waals surface area contributed by atoms with Gasteiger partial charge in [-0.15, -0.1) is 0 Å². The molecule has 1 N–H and O–H groups in total. The molecule has 130 valence electrons. The van der Waals surface area contributed by atoms with Gasteiger partial charge in [-0.1, -0.05) is 19.3 Å². The molecule has 2 fully saturated rings. The molecule has 3 aliphatic rings. The van der Waals surface area contributed by atoms with Gasteiger partial charge >= 0.3 is 0 Å². The van der Waals surface area contributed by atoms with Crippen molar-refractivity contribution in [2.24, 2.45) is 5.41 Å². The first-order chi connectivity index (χ1) is 11.3. The molecule has 1 saturated carbocycles. The lowest BCUT2D eigenvalue weighted by Crippen LogP contribution is -2.34. The first-order valence-electron chi connectivity index (χ1n) is 9.42. The molecule has 2 aliphatic carbocycles. The molecule has 1 saturated heterocycles. The van der Waals surface area contributed by atoms with E-state index in [1.54, 1.807) is 0 Å². The third kappa shape index (κ3) is 5.05. The third-order valence-corrected chi connectivity index (χ3v) is 5.51. The zero-order valence-electron chi connectivity index (χ0n) is 14.3. The second-order valence-corrected chi connectivity index (χ2v) is 7.54. The molecule has 1 heterocycles. The number of carbonyl (C=O) groups is 1. The molecule has 0 bridgehead atoms. The van der Waals surface area contributed by atoms with Crippen LogP contribution in [0.3, 0.4) is 0 Å². The van der Waals surface area contributed by atoms with Gasteiger partial charge in [0, 0.05) is 38.0 Å². The van der Waals surface area contributed by atoms with Crippen molar-refractivity contribution in [2.45, 2.75) is 70.3 Å². The van der Waals surface area contributed by atoms with Gasteiger partial charge in [-0.25, -0.2) is 0 Å². The maximum atomic E-state index is 12.1. The molecule has 0 aromatic heterocycles. The Morgan fingerprint density at radius 1 is 1.22 bits per heavy atom. The fourth-order valence-corrected chi connectivity index (χ4v) is 4.32. The van der Waals surface area contributed by atoms with Crippen LogP contribution in [0.2, 0.25) is 0 Å². The number of ether oxygens (including phenoxy) is 2. The van der Waals surface area contributed by atoms with Crippen LogP contribution in [0.25, 0.3) is 0 Å². The minimum absolute atomic E-state index is 0.267. The Morgan fingerprint density at radius 3 is 2.87 bits per heavy atom. The van der Waals surface area contributed by atoms with E-state index in [9.17, 15) is 4.79 Å². The highest BCUT2D eigenvalue weighted by Gasteiger charge is 2.37. The molecule has 23 heavy (non-hydrogen) atoms. The molecule has 1 spiro atoms. The zero-order chi connectivity index (χ0) is 16.0. The van der Waals surface area contributed by atoms with Crippen molar-refractivity contribution in [1.82, 2.24) is 5.32 Å². The van der Waals surface area contributed by atoms with Gasteiger partial charge in [0.15, 0.2) is 5.78 Å². The Balaban J connectivity index is 1.33. The van der Waals surface area contributed by atoms with E-state index in [1.807, 2.05) is 6.08 Å². The molecule has 4 heteroatoms. The minimum Gasteiger partial charge on any atom is -0.388 e. The Hall–Kier alpha value is -0.870. The SMILES string of the molecule is O=C1C=C(NCCCOCC2CCCO2)CC2(CCCCC2)C1. The normalized spacial score (nSPS) is 27.2. The lowest BCUT2D eigenvalue weighted by atomic mass is 9.66. The minimum atomic E-state index is 0.267. The van der Waals surface area contributed by atoms with Crippen molar-refractivity contribution < 1.29 is 14.3 Å². The summed E-state index contributed by atoms with van der Waals surface area (Å²) in [5.41, 5.74) is 1.42. The lowest BCUT2D eigenvalue weighted by molar-refractivity contribution is -0.118. The predicted molar refractivity (Wildman–Crippen MR) is 90.3 cm³/mol. The summed E-state index contributed by atoms with van der Waals surface area (Å²) < 4.78 is 11.2. The van der Waals surface area contributed by atoms with Gasteiger partial charge in [0.1, 0.15) is 0 Å². The van der Waals surface area contributed by atoms with Crippen LogP contribution in [0.5, 0.6) is 0 Å². The molecule has 1 unspecified atom stereocenters. The van der Waals surface area contributed by atoms with Crippen LogP contribution in [0.1, 0.15) is 64.2 Å². The maximum Gasteiger partial charge on any atom is 0.157 e. The first-order valence-corrected chi connectivity index (χ1v) is 9.42. The summed E-state index contributed by atoms with van der Waals surface area (Å²) in [6.07, 6.45) is 13.6. The number of nitrogens with one attached hydrogen (secondary N) is 1. The predicted octanol–water partition coefficient (Wildman–Crippen LogP) is 3.36. The van der Waals surface area contributed by atoms with Crippen molar-refractivity contribution >= 4 is 5.78 Å². The standard InChI is InChI=1S/C19H31NO3/c21-17-12-16(13-19(14-17)7-2-1-3-8-19)20-9-5-10-22-15-18-6-4-11-23-18/h12,18,20H,1-11,13-15H2. The fraction of sp³-hybridized carbons (Fsp3) is 0.842. The second kappa shape index (κ2) is 8.29. The molecule has 0 aromatic rings. The summed E-state index contributed by atoms with van der Waals surface area (Å²) in [6.45, 7) is 3.27. The van der Waals surface area contributed by atoms with Crippen molar-refractivity contribution in [2.75, 3.05) is 26.4 Å². The Bertz CT molecular complexity index is 420. The number of allylic oxidation sites excluding steroid dienone is 2. The van der Waals surface area contributed by atoms with Gasteiger partial charge in [0.25, 0.3) is 0 Å². The highest BCUT2D eigenvalue weighted by atomic mass is 16.5. The van der Waals surface area contributed by atoms with Crippen LogP contribution in [-0.4, -0.2) is 38.3 Å². The van der Waals surface area contributed by atoms with Gasteiger partial charge < -0.3 is 14.8 Å². The van der Waals surface area contributed by atoms with Crippen LogP contribution in [0, 0.1) is 5.41 Å². The maximum absolute atomic E-state index is 12.1. The summed E-state index contributed by atoms with van der Waals surface area (Å²) in [6, 6.07) is 0. The molecular weight excluding hydrogens is 290 g/mol. The molecular formula is C19H31NO3. The highest BCUT2D eigenvalue weighted by Crippen LogP contribution is 2.45. The number of carbonyl (C=O) groups excluding carboxylic acids is 1. The quantitative estimate of drug-likeness (QED) is 0.731. The topological polar surface area (TPSA) is 47.6 Å². The van der Waals surface area contributed by atoms with Gasteiger partial charge in [-0.2, -0.15) is 0 Å². The van der Waals surface area contributed by atoms with Crippen LogP contribution in [0.4, 0.5) is 0 Å². The van der Waals surface area contributed by atoms with E-state index in [0.29, 0.717) is 11.9 Å². The second-order valence-electron chi connectivity index (χ2n) is 7.54. The van der Waals surface area contributed by atoms with Gasteiger partial charge in [0.2, 0.25) is 0 Å². The summed E-state index contributed by atoms with van der Waals surface area (Å²) in [5.74, 6) is 0.315. The van der Waals surface area contributed by atoms with E-state index < -0.39 is 0 Å². The van der Waals surface area contributed by atoms with Crippen LogP contribution in [-0.2, 0) is 14.3 Å². The van der Waals surface area contributed by atoms with Crippen LogP contribution >= 0.6 is 0 Å². The summed E-state index contributed by atoms with van der Waals surface area (Å²) in [5, 5.41) is 3.48. The van der Waals surface area contributed by atoms with E-state index in [1.165, 1.54) is 38.5 Å². The van der Waals surface area contributed by atoms with Crippen molar-refractivity contribution in [3.8, 4) is 0 Å². The molecule has 0 radical (unpaired) electrons. The molecule has 3 rings (SSSR count). The number of hydrogen-bond donors (Lipinski definition) is 1. The monoisotopic (exact) mass is 321 g/mol. The Labute approximate surface area is 140 Å². The smallest absolute Gasteiger partial charge is 0.157 e. The van der Waals surface area contributed by atoms with E-state index >= 15 is 0 Å². The van der Waals surface area contributed by atoms with E-state index in [4.69, 9.17) is 9.47 Å². The van der Waals surface area contributed by atoms with E-state index in [2.05, 4.69) is 5.32 Å². The van der Waals surface area contributed by atoms with Gasteiger partial charge in [-0.05, 0) is 43.9 Å². The molecule has 1 atom stereocenters. The Kier molecular flexibility index (Phi) is 6.12. The average molecular weight is 321 g/mol. The first kappa shape index (κ1) is 17.0. The van der Waals surface area contributed by atoms with Crippen molar-refractivity contribution in [3.05, 3.63) is 11.8 Å². The van der Waals surface area contributed by atoms with E-state index in [-0.39, 0.29) is 5.41 Å². The third-order valence-electron chi connectivity index (χ3n) is 5.51. The highest BCUT2D eigenvalue weighted by molar-refractivity contribution is 5.91. The molecule has 4 nitrogen and oxygen atoms in total. The number of hydrogen-bond acceptors (Lipinski definition) is 4. The van der Waals surface area contributed by atoms with Crippen molar-refractivity contribution in [1.29, 1.82) is 0 Å². The fourth-order valence-electron chi connectivity index (χ4n) is 4.32. The molecule has 0 aromatic carbocycles. The summed E-state index contributed by atoms with van der Waals surface area (Å²) >= 11 is 0. The summed E-state index contributed by atoms with van der Waals surface area (Å²) in [7, 11) is 0. The van der Waals surface area contributed by atoms with Crippen LogP contribution in [0.15, 0.2) is 11.8 Å². The number of rotatable bonds is 7. The van der Waals surface area contributed by atoms with E-state index in [0.717, 1.165) is 57.7 Å². The molecule has 0 amide bonds. The number of ketones is 1. The van der Waals surface area contributed by atoms with Gasteiger partial charge in [0.05, 0.1) is 12.7 Å². The lowest BCUT2D eigenvalue weighted by Gasteiger charge is -2.40. The summed E-state index contributed by atoms with van der Waals surface area (Å²) in [4.78, 5) is 12.1. The molecule has 1 aliphatic heterocycles. The zero-order valence-corrected chi connectivity index (χ0v) is 14.3. The Morgan fingerprint density at radius 2 is 2.09 bits per heavy atom. The van der Waals surface area contributed by atoms with Gasteiger partial charge in [-0.3, -0.25) is 4.79 Å². The average Bonchev–Trinajstić information content (AvgIpc) is 3.04.